The maximum atomic E-state index is 14.2. The van der Waals surface area contributed by atoms with Gasteiger partial charge in [-0.3, -0.25) is 0 Å². The summed E-state index contributed by atoms with van der Waals surface area (Å²) in [5.41, 5.74) is 3.46. The molecule has 204 valence electrons. The van der Waals surface area contributed by atoms with Gasteiger partial charge in [0.05, 0.1) is 11.2 Å². The lowest BCUT2D eigenvalue weighted by atomic mass is 9.82. The fraction of sp³-hybridized carbons (Fsp3) is 0.139. The molecule has 5 aromatic carbocycles. The summed E-state index contributed by atoms with van der Waals surface area (Å²) in [7, 11) is 2.49. The molecule has 1 aliphatic heterocycles. The highest BCUT2D eigenvalue weighted by Crippen LogP contribution is 2.53. The largest absolute Gasteiger partial charge is 0.322 e. The van der Waals surface area contributed by atoms with Crippen molar-refractivity contribution >= 4 is 39.5 Å². The van der Waals surface area contributed by atoms with Crippen molar-refractivity contribution < 1.29 is 4.79 Å². The number of carbonyl (C=O) groups excluding carboxylic acids is 1. The number of carbonyl (C=O) groups is 1. The van der Waals surface area contributed by atoms with Gasteiger partial charge in [-0.1, -0.05) is 140 Å². The second-order valence-electron chi connectivity index (χ2n) is 10.5. The first-order chi connectivity index (χ1) is 20.1. The summed E-state index contributed by atoms with van der Waals surface area (Å²) >= 11 is 0. The van der Waals surface area contributed by atoms with Crippen LogP contribution in [0.3, 0.4) is 0 Å². The molecule has 0 aromatic heterocycles. The van der Waals surface area contributed by atoms with E-state index in [4.69, 9.17) is 0 Å². The van der Waals surface area contributed by atoms with Gasteiger partial charge in [0.15, 0.2) is 0 Å². The quantitative estimate of drug-likeness (QED) is 0.200. The molecule has 1 unspecified atom stereocenters. The number of amides is 2. The third kappa shape index (κ3) is 5.71. The van der Waals surface area contributed by atoms with E-state index < -0.39 is 13.1 Å². The monoisotopic (exact) mass is 572 g/mol. The molecule has 0 aliphatic carbocycles. The zero-order valence-corrected chi connectivity index (χ0v) is 24.9. The first-order valence-electron chi connectivity index (χ1n) is 14.1. The molecular formula is C36H34N2OP2. The highest BCUT2D eigenvalue weighted by Gasteiger charge is 2.50. The number of rotatable bonds is 7. The molecule has 0 bridgehead atoms. The molecule has 5 heteroatoms. The summed E-state index contributed by atoms with van der Waals surface area (Å²) in [6, 6.07) is 52.6. The van der Waals surface area contributed by atoms with Crippen LogP contribution in [0.4, 0.5) is 10.5 Å². The number of urea groups is 1. The van der Waals surface area contributed by atoms with E-state index >= 15 is 0 Å². The van der Waals surface area contributed by atoms with Gasteiger partial charge in [0.2, 0.25) is 0 Å². The van der Waals surface area contributed by atoms with E-state index in [1.807, 2.05) is 30.3 Å². The first kappa shape index (κ1) is 27.4. The minimum atomic E-state index is -0.705. The molecule has 0 saturated carbocycles. The SMILES string of the molecule is O=C(Nc1ccccc1)N1C[C@H](P(c2ccccc2)c2ccccc2)C[C@@H]1C(P)(c1ccccc1)c1ccccc1. The number of nitrogens with one attached hydrogen (secondary N) is 1. The van der Waals surface area contributed by atoms with Crippen molar-refractivity contribution in [3.05, 3.63) is 163 Å². The van der Waals surface area contributed by atoms with Gasteiger partial charge in [-0.05, 0) is 48.2 Å². The molecule has 0 spiro atoms. The van der Waals surface area contributed by atoms with Gasteiger partial charge in [0.1, 0.15) is 0 Å². The van der Waals surface area contributed by atoms with Crippen molar-refractivity contribution in [2.24, 2.45) is 0 Å². The van der Waals surface area contributed by atoms with E-state index in [1.54, 1.807) is 0 Å². The smallest absolute Gasteiger partial charge is 0.319 e. The van der Waals surface area contributed by atoms with Crippen LogP contribution in [-0.4, -0.2) is 29.2 Å². The van der Waals surface area contributed by atoms with E-state index in [9.17, 15) is 4.79 Å². The van der Waals surface area contributed by atoms with Gasteiger partial charge in [0.25, 0.3) is 0 Å². The van der Waals surface area contributed by atoms with Crippen LogP contribution in [0.25, 0.3) is 0 Å². The number of nitrogens with zero attached hydrogens (tertiary/aromatic N) is 1. The number of anilines is 1. The molecule has 41 heavy (non-hydrogen) atoms. The molecule has 1 N–H and O–H groups in total. The summed E-state index contributed by atoms with van der Waals surface area (Å²) in [5, 5.41) is 5.41. The molecule has 1 saturated heterocycles. The Balaban J connectivity index is 1.47. The number of benzene rings is 5. The molecule has 3 nitrogen and oxygen atoms in total. The summed E-state index contributed by atoms with van der Waals surface area (Å²) in [6.07, 6.45) is 0.880. The average molecular weight is 573 g/mol. The third-order valence-corrected chi connectivity index (χ3v) is 11.9. The number of hydrogen-bond donors (Lipinski definition) is 1. The van der Waals surface area contributed by atoms with Crippen molar-refractivity contribution in [3.63, 3.8) is 0 Å². The molecule has 1 aliphatic rings. The summed E-state index contributed by atoms with van der Waals surface area (Å²) in [5.74, 6) is 0. The summed E-state index contributed by atoms with van der Waals surface area (Å²) < 4.78 is 0. The van der Waals surface area contributed by atoms with E-state index in [0.29, 0.717) is 6.54 Å². The fourth-order valence-corrected chi connectivity index (χ4v) is 9.68. The van der Waals surface area contributed by atoms with Crippen molar-refractivity contribution in [2.45, 2.75) is 23.3 Å². The van der Waals surface area contributed by atoms with E-state index in [2.05, 4.69) is 141 Å². The standard InChI is InChI=1S/C36H34N2OP2/c39-35(37-30-20-10-3-11-21-30)38-27-33(41(31-22-12-4-13-23-31)32-24-14-5-15-25-32)26-34(38)36(40,28-16-6-1-7-17-28)29-18-8-2-9-19-29/h1-25,33-34H,26-27,40H2,(H,37,39)/t33-,34-/m1/s1. The van der Waals surface area contributed by atoms with Gasteiger partial charge in [0, 0.05) is 17.9 Å². The van der Waals surface area contributed by atoms with Gasteiger partial charge in [-0.2, -0.15) is 0 Å². The van der Waals surface area contributed by atoms with E-state index in [0.717, 1.165) is 12.1 Å². The van der Waals surface area contributed by atoms with Gasteiger partial charge >= 0.3 is 6.03 Å². The molecular weight excluding hydrogens is 538 g/mol. The molecule has 3 atom stereocenters. The molecule has 6 rings (SSSR count). The van der Waals surface area contributed by atoms with Crippen LogP contribution in [0.15, 0.2) is 152 Å². The van der Waals surface area contributed by atoms with Crippen LogP contribution in [0.2, 0.25) is 0 Å². The Morgan fingerprint density at radius 3 is 1.54 bits per heavy atom. The van der Waals surface area contributed by atoms with Crippen LogP contribution in [0.1, 0.15) is 17.5 Å². The Bertz CT molecular complexity index is 1470. The predicted molar refractivity (Wildman–Crippen MR) is 177 cm³/mol. The Morgan fingerprint density at radius 2 is 1.07 bits per heavy atom. The third-order valence-electron chi connectivity index (χ3n) is 8.03. The predicted octanol–water partition coefficient (Wildman–Crippen LogP) is 7.61. The van der Waals surface area contributed by atoms with Crippen LogP contribution < -0.4 is 15.9 Å². The zero-order valence-electron chi connectivity index (χ0n) is 22.9. The van der Waals surface area contributed by atoms with Crippen molar-refractivity contribution in [3.8, 4) is 0 Å². The highest BCUT2D eigenvalue weighted by atomic mass is 31.1. The number of likely N-dealkylation sites (tertiary alicyclic amines) is 1. The van der Waals surface area contributed by atoms with E-state index in [-0.39, 0.29) is 17.7 Å². The molecule has 1 fully saturated rings. The Morgan fingerprint density at radius 1 is 0.659 bits per heavy atom. The zero-order chi connectivity index (χ0) is 28.1. The highest BCUT2D eigenvalue weighted by molar-refractivity contribution is 7.73. The van der Waals surface area contributed by atoms with Crippen molar-refractivity contribution in [2.75, 3.05) is 11.9 Å². The first-order valence-corrected chi connectivity index (χ1v) is 16.1. The van der Waals surface area contributed by atoms with Gasteiger partial charge in [-0.15, -0.1) is 9.24 Å². The molecule has 0 radical (unpaired) electrons. The Hall–Kier alpha value is -3.77. The maximum absolute atomic E-state index is 14.2. The van der Waals surface area contributed by atoms with Crippen LogP contribution >= 0.6 is 17.2 Å². The van der Waals surface area contributed by atoms with E-state index in [1.165, 1.54) is 21.7 Å². The lowest BCUT2D eigenvalue weighted by Gasteiger charge is -2.41. The molecule has 5 aromatic rings. The number of para-hydroxylation sites is 1. The average Bonchev–Trinajstić information content (AvgIpc) is 3.49. The minimum absolute atomic E-state index is 0.0570. The topological polar surface area (TPSA) is 32.3 Å². The van der Waals surface area contributed by atoms with Crippen molar-refractivity contribution in [1.82, 2.24) is 4.90 Å². The summed E-state index contributed by atoms with van der Waals surface area (Å²) in [6.45, 7) is 0.675. The van der Waals surface area contributed by atoms with Crippen LogP contribution in [0, 0.1) is 0 Å². The molecule has 1 heterocycles. The second-order valence-corrected chi connectivity index (χ2v) is 13.9. The molecule has 2 amide bonds. The number of hydrogen-bond acceptors (Lipinski definition) is 1. The van der Waals surface area contributed by atoms with Gasteiger partial charge in [-0.25, -0.2) is 4.79 Å². The van der Waals surface area contributed by atoms with Crippen LogP contribution in [-0.2, 0) is 5.16 Å². The Labute approximate surface area is 246 Å². The van der Waals surface area contributed by atoms with Crippen LogP contribution in [0.5, 0.6) is 0 Å². The minimum Gasteiger partial charge on any atom is -0.319 e. The summed E-state index contributed by atoms with van der Waals surface area (Å²) in [4.78, 5) is 16.3. The normalized spacial score (nSPS) is 17.0. The second kappa shape index (κ2) is 12.4. The fourth-order valence-electron chi connectivity index (χ4n) is 6.10. The van der Waals surface area contributed by atoms with Crippen molar-refractivity contribution in [1.29, 1.82) is 0 Å². The lowest BCUT2D eigenvalue weighted by molar-refractivity contribution is 0.198. The van der Waals surface area contributed by atoms with Gasteiger partial charge < -0.3 is 10.2 Å². The maximum Gasteiger partial charge on any atom is 0.322 e. The lowest BCUT2D eigenvalue weighted by Crippen LogP contribution is -2.48. The Kier molecular flexibility index (Phi) is 8.28.